The van der Waals surface area contributed by atoms with Gasteiger partial charge in [0.2, 0.25) is 5.91 Å². The molecule has 1 N–H and O–H groups in total. The summed E-state index contributed by atoms with van der Waals surface area (Å²) in [6.45, 7) is 3.31. The third-order valence-corrected chi connectivity index (χ3v) is 6.67. The van der Waals surface area contributed by atoms with Crippen molar-refractivity contribution in [2.24, 2.45) is 18.4 Å². The van der Waals surface area contributed by atoms with Crippen LogP contribution in [0.4, 0.5) is 10.2 Å². The molecule has 4 heterocycles. The summed E-state index contributed by atoms with van der Waals surface area (Å²) in [6.07, 6.45) is 4.11. The molecule has 1 aliphatic heterocycles. The van der Waals surface area contributed by atoms with E-state index >= 15 is 0 Å². The van der Waals surface area contributed by atoms with Gasteiger partial charge in [-0.05, 0) is 37.6 Å². The second-order valence-electron chi connectivity index (χ2n) is 8.96. The first-order chi connectivity index (χ1) is 17.0. The summed E-state index contributed by atoms with van der Waals surface area (Å²) < 4.78 is 26.5. The summed E-state index contributed by atoms with van der Waals surface area (Å²) in [7, 11) is 1.81. The zero-order valence-corrected chi connectivity index (χ0v) is 19.3. The maximum Gasteiger partial charge on any atom is 0.234 e. The number of hydrogen-bond donors (Lipinski definition) is 1. The van der Waals surface area contributed by atoms with Crippen molar-refractivity contribution in [1.82, 2.24) is 24.7 Å². The van der Waals surface area contributed by atoms with Gasteiger partial charge in [-0.15, -0.1) is 0 Å². The predicted molar refractivity (Wildman–Crippen MR) is 126 cm³/mol. The Morgan fingerprint density at radius 2 is 2.11 bits per heavy atom. The lowest BCUT2D eigenvalue weighted by molar-refractivity contribution is -0.121. The van der Waals surface area contributed by atoms with E-state index in [0.29, 0.717) is 59.4 Å². The fourth-order valence-corrected chi connectivity index (χ4v) is 4.74. The number of benzene rings is 1. The number of carbonyl (C=O) groups is 1. The van der Waals surface area contributed by atoms with Gasteiger partial charge in [0.05, 0.1) is 30.8 Å². The maximum atomic E-state index is 13.5. The number of aryl methyl sites for hydroxylation is 1. The molecule has 3 aromatic heterocycles. The van der Waals surface area contributed by atoms with Gasteiger partial charge in [-0.2, -0.15) is 5.10 Å². The minimum atomic E-state index is -0.477. The number of halogens is 1. The van der Waals surface area contributed by atoms with Crippen molar-refractivity contribution in [2.45, 2.75) is 13.3 Å². The van der Waals surface area contributed by atoms with Crippen molar-refractivity contribution in [3.63, 3.8) is 0 Å². The Labute approximate surface area is 200 Å². The summed E-state index contributed by atoms with van der Waals surface area (Å²) in [5.41, 5.74) is 3.23. The quantitative estimate of drug-likeness (QED) is 0.455. The molecule has 1 saturated heterocycles. The van der Waals surface area contributed by atoms with Crippen LogP contribution in [-0.2, 0) is 16.6 Å². The summed E-state index contributed by atoms with van der Waals surface area (Å²) >= 11 is 0. The van der Waals surface area contributed by atoms with Gasteiger partial charge in [0.15, 0.2) is 11.6 Å². The first-order valence-electron chi connectivity index (χ1n) is 11.5. The molecule has 0 bridgehead atoms. The van der Waals surface area contributed by atoms with E-state index in [1.165, 1.54) is 18.5 Å². The maximum absolute atomic E-state index is 13.5. The normalized spacial score (nSPS) is 20.6. The highest BCUT2D eigenvalue weighted by Crippen LogP contribution is 2.57. The molecule has 2 aliphatic rings. The van der Waals surface area contributed by atoms with Crippen LogP contribution in [0.3, 0.4) is 0 Å². The van der Waals surface area contributed by atoms with Gasteiger partial charge in [0.25, 0.3) is 0 Å². The monoisotopic (exact) mass is 474 g/mol. The molecule has 6 rings (SSSR count). The molecule has 1 amide bonds. The van der Waals surface area contributed by atoms with E-state index in [1.807, 2.05) is 13.1 Å². The molecular formula is C25H23FN6O3. The highest BCUT2D eigenvalue weighted by Gasteiger charge is 2.63. The lowest BCUT2D eigenvalue weighted by Gasteiger charge is -2.15. The fraction of sp³-hybridized carbons (Fsp3) is 0.320. The van der Waals surface area contributed by atoms with Crippen molar-refractivity contribution in [2.75, 3.05) is 25.1 Å². The van der Waals surface area contributed by atoms with E-state index in [-0.39, 0.29) is 17.6 Å². The third-order valence-electron chi connectivity index (χ3n) is 6.67. The van der Waals surface area contributed by atoms with E-state index in [2.05, 4.69) is 20.4 Å². The van der Waals surface area contributed by atoms with Gasteiger partial charge in [-0.1, -0.05) is 0 Å². The number of carbonyl (C=O) groups excluding carboxylic acids is 1. The summed E-state index contributed by atoms with van der Waals surface area (Å²) in [4.78, 5) is 26.8. The molecule has 9 nitrogen and oxygen atoms in total. The van der Waals surface area contributed by atoms with Crippen LogP contribution < -0.4 is 10.1 Å². The van der Waals surface area contributed by atoms with Gasteiger partial charge in [0, 0.05) is 36.4 Å². The number of anilines is 1. The molecule has 0 spiro atoms. The number of rotatable bonds is 6. The van der Waals surface area contributed by atoms with Crippen LogP contribution in [0.1, 0.15) is 13.3 Å². The second-order valence-corrected chi connectivity index (χ2v) is 8.96. The van der Waals surface area contributed by atoms with E-state index in [9.17, 15) is 9.18 Å². The Bertz CT molecular complexity index is 1450. The number of amides is 1. The van der Waals surface area contributed by atoms with Gasteiger partial charge in [0.1, 0.15) is 29.0 Å². The van der Waals surface area contributed by atoms with Crippen LogP contribution in [0.15, 0.2) is 42.9 Å². The van der Waals surface area contributed by atoms with Crippen LogP contribution in [0.2, 0.25) is 0 Å². The highest BCUT2D eigenvalue weighted by atomic mass is 19.1. The summed E-state index contributed by atoms with van der Waals surface area (Å²) in [5, 5.41) is 7.55. The van der Waals surface area contributed by atoms with Crippen molar-refractivity contribution in [1.29, 1.82) is 0 Å². The molecule has 10 heteroatoms. The lowest BCUT2D eigenvalue weighted by Crippen LogP contribution is -2.27. The van der Waals surface area contributed by atoms with Gasteiger partial charge in [-0.3, -0.25) is 9.48 Å². The Morgan fingerprint density at radius 1 is 1.29 bits per heavy atom. The summed E-state index contributed by atoms with van der Waals surface area (Å²) in [5.74, 6) is 0.579. The molecule has 0 radical (unpaired) electrons. The van der Waals surface area contributed by atoms with E-state index in [1.54, 1.807) is 29.9 Å². The number of nitrogens with one attached hydrogen (secondary N) is 1. The van der Waals surface area contributed by atoms with Crippen LogP contribution in [0, 0.1) is 17.2 Å². The molecule has 1 aromatic carbocycles. The number of hydrogen-bond acceptors (Lipinski definition) is 7. The Hall–Kier alpha value is -3.92. The number of nitrogens with zero attached hydrogens (tertiary/aromatic N) is 5. The van der Waals surface area contributed by atoms with E-state index in [0.717, 1.165) is 12.0 Å². The topological polar surface area (TPSA) is 104 Å². The van der Waals surface area contributed by atoms with Gasteiger partial charge < -0.3 is 14.8 Å². The smallest absolute Gasteiger partial charge is 0.234 e. The lowest BCUT2D eigenvalue weighted by atomic mass is 10.0. The molecule has 1 aliphatic carbocycles. The average molecular weight is 474 g/mol. The molecule has 2 fully saturated rings. The average Bonchev–Trinajstić information content (AvgIpc) is 3.19. The SMILES string of the molecule is CCOc1cc2ncnc(-c3cn(C)nc3-c3ccc(F)cc3)c2nc1NC(=O)[C@@]12COC[C@@H]1C2. The zero-order valence-electron chi connectivity index (χ0n) is 19.3. The molecule has 2 atom stereocenters. The number of ether oxygens (including phenoxy) is 2. The first-order valence-corrected chi connectivity index (χ1v) is 11.5. The fourth-order valence-electron chi connectivity index (χ4n) is 4.74. The van der Waals surface area contributed by atoms with Crippen LogP contribution >= 0.6 is 0 Å². The standard InChI is InChI=1S/C25H23FN6O3/c1-3-35-19-8-18-22(29-23(19)30-24(33)25-9-15(25)11-34-12-25)21(28-13-27-18)17-10-32(2)31-20(17)14-4-6-16(26)7-5-14/h4-8,10,13,15H,3,9,11-12H2,1-2H3,(H,29,30,33)/t15-,25-/m0/s1. The first kappa shape index (κ1) is 21.6. The van der Waals surface area contributed by atoms with Gasteiger partial charge >= 0.3 is 0 Å². The van der Waals surface area contributed by atoms with Crippen molar-refractivity contribution in [3.05, 3.63) is 48.7 Å². The molecule has 4 aromatic rings. The Morgan fingerprint density at radius 3 is 2.83 bits per heavy atom. The minimum absolute atomic E-state index is 0.111. The molecule has 178 valence electrons. The van der Waals surface area contributed by atoms with Crippen LogP contribution in [0.25, 0.3) is 33.5 Å². The summed E-state index contributed by atoms with van der Waals surface area (Å²) in [6, 6.07) is 7.89. The number of pyridine rings is 1. The molecular weight excluding hydrogens is 451 g/mol. The number of fused-ring (bicyclic) bond motifs is 2. The molecule has 35 heavy (non-hydrogen) atoms. The van der Waals surface area contributed by atoms with Crippen LogP contribution in [0.5, 0.6) is 5.75 Å². The van der Waals surface area contributed by atoms with Crippen LogP contribution in [-0.4, -0.2) is 50.5 Å². The number of aromatic nitrogens is 5. The minimum Gasteiger partial charge on any atom is -0.490 e. The second kappa shape index (κ2) is 8.09. The Kier molecular flexibility index (Phi) is 4.99. The Balaban J connectivity index is 1.47. The van der Waals surface area contributed by atoms with Crippen molar-refractivity contribution >= 4 is 22.8 Å². The van der Waals surface area contributed by atoms with E-state index in [4.69, 9.17) is 14.5 Å². The highest BCUT2D eigenvalue weighted by molar-refractivity contribution is 6.01. The zero-order chi connectivity index (χ0) is 24.2. The molecule has 0 unspecified atom stereocenters. The predicted octanol–water partition coefficient (Wildman–Crippen LogP) is 3.61. The largest absolute Gasteiger partial charge is 0.490 e. The van der Waals surface area contributed by atoms with Crippen molar-refractivity contribution < 1.29 is 18.7 Å². The third kappa shape index (κ3) is 3.61. The van der Waals surface area contributed by atoms with Gasteiger partial charge in [-0.25, -0.2) is 19.3 Å². The van der Waals surface area contributed by atoms with Crippen molar-refractivity contribution in [3.8, 4) is 28.3 Å². The van der Waals surface area contributed by atoms with E-state index < -0.39 is 5.41 Å². The molecule has 1 saturated carbocycles.